The SMILES string of the molecule is C=C(c1ccc2[nH]cc(C#N)c2c1)C1(Cc2ccccc2)CCNC1. The van der Waals surface area contributed by atoms with E-state index in [4.69, 9.17) is 0 Å². The molecule has 0 bridgehead atoms. The zero-order chi connectivity index (χ0) is 17.3. The summed E-state index contributed by atoms with van der Waals surface area (Å²) in [5.41, 5.74) is 5.34. The fourth-order valence-corrected chi connectivity index (χ4v) is 3.95. The first-order chi connectivity index (χ1) is 12.2. The highest BCUT2D eigenvalue weighted by Gasteiger charge is 2.37. The molecule has 1 unspecified atom stereocenters. The van der Waals surface area contributed by atoms with Crippen LogP contribution in [0.15, 0.2) is 61.3 Å². The lowest BCUT2D eigenvalue weighted by molar-refractivity contribution is 0.444. The van der Waals surface area contributed by atoms with Crippen LogP contribution in [0.5, 0.6) is 0 Å². The maximum Gasteiger partial charge on any atom is 0.101 e. The summed E-state index contributed by atoms with van der Waals surface area (Å²) in [5.74, 6) is 0. The Morgan fingerprint density at radius 1 is 1.20 bits per heavy atom. The van der Waals surface area contributed by atoms with Gasteiger partial charge in [0.05, 0.1) is 5.56 Å². The van der Waals surface area contributed by atoms with Crippen molar-refractivity contribution in [2.45, 2.75) is 12.8 Å². The minimum absolute atomic E-state index is 0.0259. The molecule has 0 saturated carbocycles. The minimum Gasteiger partial charge on any atom is -0.360 e. The van der Waals surface area contributed by atoms with Gasteiger partial charge in [-0.3, -0.25) is 0 Å². The largest absolute Gasteiger partial charge is 0.360 e. The number of nitrogens with zero attached hydrogens (tertiary/aromatic N) is 1. The second-order valence-corrected chi connectivity index (χ2v) is 6.92. The van der Waals surface area contributed by atoms with Crippen LogP contribution in [0.2, 0.25) is 0 Å². The lowest BCUT2D eigenvalue weighted by Gasteiger charge is -2.31. The van der Waals surface area contributed by atoms with Gasteiger partial charge in [-0.15, -0.1) is 0 Å². The Labute approximate surface area is 148 Å². The molecule has 1 atom stereocenters. The first-order valence-electron chi connectivity index (χ1n) is 8.67. The van der Waals surface area contributed by atoms with E-state index in [2.05, 4.69) is 71.5 Å². The highest BCUT2D eigenvalue weighted by Crippen LogP contribution is 2.42. The van der Waals surface area contributed by atoms with Crippen LogP contribution in [0, 0.1) is 16.7 Å². The molecular weight excluding hydrogens is 306 g/mol. The van der Waals surface area contributed by atoms with Crippen LogP contribution in [-0.2, 0) is 6.42 Å². The molecule has 3 aromatic rings. The molecule has 124 valence electrons. The van der Waals surface area contributed by atoms with E-state index in [0.29, 0.717) is 5.56 Å². The summed E-state index contributed by atoms with van der Waals surface area (Å²) in [6, 6.07) is 19.2. The van der Waals surface area contributed by atoms with Gasteiger partial charge in [0.25, 0.3) is 0 Å². The molecule has 3 heteroatoms. The molecule has 1 aliphatic heterocycles. The summed E-state index contributed by atoms with van der Waals surface area (Å²) < 4.78 is 0. The van der Waals surface area contributed by atoms with Gasteiger partial charge in [0.15, 0.2) is 0 Å². The molecule has 1 saturated heterocycles. The lowest BCUT2D eigenvalue weighted by Crippen LogP contribution is -2.28. The first-order valence-corrected chi connectivity index (χ1v) is 8.67. The number of aromatic nitrogens is 1. The number of rotatable bonds is 4. The van der Waals surface area contributed by atoms with Crippen molar-refractivity contribution in [1.82, 2.24) is 10.3 Å². The smallest absolute Gasteiger partial charge is 0.101 e. The molecule has 1 fully saturated rings. The van der Waals surface area contributed by atoms with Gasteiger partial charge in [-0.1, -0.05) is 43.0 Å². The van der Waals surface area contributed by atoms with Gasteiger partial charge in [-0.25, -0.2) is 0 Å². The molecule has 0 aliphatic carbocycles. The Bertz CT molecular complexity index is 954. The molecule has 2 heterocycles. The molecule has 25 heavy (non-hydrogen) atoms. The molecule has 1 aliphatic rings. The van der Waals surface area contributed by atoms with E-state index in [1.807, 2.05) is 0 Å². The van der Waals surface area contributed by atoms with Crippen LogP contribution in [0.25, 0.3) is 16.5 Å². The summed E-state index contributed by atoms with van der Waals surface area (Å²) >= 11 is 0. The topological polar surface area (TPSA) is 51.6 Å². The van der Waals surface area contributed by atoms with Gasteiger partial charge in [0.2, 0.25) is 0 Å². The highest BCUT2D eigenvalue weighted by molar-refractivity contribution is 5.89. The normalized spacial score (nSPS) is 19.8. The fourth-order valence-electron chi connectivity index (χ4n) is 3.95. The number of nitrogens with one attached hydrogen (secondary N) is 2. The van der Waals surface area contributed by atoms with Crippen molar-refractivity contribution in [2.75, 3.05) is 13.1 Å². The average molecular weight is 327 g/mol. The molecule has 3 nitrogen and oxygen atoms in total. The maximum absolute atomic E-state index is 9.31. The molecule has 0 amide bonds. The average Bonchev–Trinajstić information content (AvgIpc) is 3.28. The van der Waals surface area contributed by atoms with E-state index >= 15 is 0 Å². The second kappa shape index (κ2) is 6.23. The zero-order valence-electron chi connectivity index (χ0n) is 14.2. The summed E-state index contributed by atoms with van der Waals surface area (Å²) in [6.07, 6.45) is 3.83. The van der Waals surface area contributed by atoms with Crippen LogP contribution in [0.1, 0.15) is 23.1 Å². The van der Waals surface area contributed by atoms with Crippen molar-refractivity contribution in [3.8, 4) is 6.07 Å². The molecule has 2 N–H and O–H groups in total. The van der Waals surface area contributed by atoms with Crippen molar-refractivity contribution in [1.29, 1.82) is 5.26 Å². The summed E-state index contributed by atoms with van der Waals surface area (Å²) in [4.78, 5) is 3.16. The predicted octanol–water partition coefficient (Wildman–Crippen LogP) is 4.28. The molecule has 0 radical (unpaired) electrons. The minimum atomic E-state index is 0.0259. The third-order valence-corrected chi connectivity index (χ3v) is 5.42. The van der Waals surface area contributed by atoms with Crippen molar-refractivity contribution in [3.05, 3.63) is 78.0 Å². The van der Waals surface area contributed by atoms with E-state index in [1.165, 1.54) is 5.56 Å². The third-order valence-electron chi connectivity index (χ3n) is 5.42. The van der Waals surface area contributed by atoms with E-state index in [1.54, 1.807) is 6.20 Å². The second-order valence-electron chi connectivity index (χ2n) is 6.92. The highest BCUT2D eigenvalue weighted by atomic mass is 14.9. The van der Waals surface area contributed by atoms with Gasteiger partial charge < -0.3 is 10.3 Å². The molecule has 4 rings (SSSR count). The summed E-state index contributed by atoms with van der Waals surface area (Å²) in [7, 11) is 0. The Kier molecular flexibility index (Phi) is 3.91. The van der Waals surface area contributed by atoms with Crippen molar-refractivity contribution in [2.24, 2.45) is 5.41 Å². The number of hydrogen-bond acceptors (Lipinski definition) is 2. The van der Waals surface area contributed by atoms with E-state index < -0.39 is 0 Å². The van der Waals surface area contributed by atoms with E-state index in [9.17, 15) is 5.26 Å². The maximum atomic E-state index is 9.31. The van der Waals surface area contributed by atoms with Gasteiger partial charge in [0, 0.05) is 29.1 Å². The van der Waals surface area contributed by atoms with Gasteiger partial charge in [-0.05, 0) is 48.2 Å². The Morgan fingerprint density at radius 2 is 2.04 bits per heavy atom. The monoisotopic (exact) mass is 327 g/mol. The predicted molar refractivity (Wildman–Crippen MR) is 102 cm³/mol. The van der Waals surface area contributed by atoms with Crippen LogP contribution in [-0.4, -0.2) is 18.1 Å². The summed E-state index contributed by atoms with van der Waals surface area (Å²) in [6.45, 7) is 6.45. The van der Waals surface area contributed by atoms with E-state index in [-0.39, 0.29) is 5.41 Å². The van der Waals surface area contributed by atoms with Crippen LogP contribution < -0.4 is 5.32 Å². The standard InChI is InChI=1S/C22H21N3/c1-16(18-7-8-21-20(11-18)19(13-23)14-25-21)22(9-10-24-15-22)12-17-5-3-2-4-6-17/h2-8,11,14,24-25H,1,9-10,12,15H2. The van der Waals surface area contributed by atoms with E-state index in [0.717, 1.165) is 48.0 Å². The fraction of sp³-hybridized carbons (Fsp3) is 0.227. The quantitative estimate of drug-likeness (QED) is 0.751. The number of fused-ring (bicyclic) bond motifs is 1. The number of H-pyrrole nitrogens is 1. The zero-order valence-corrected chi connectivity index (χ0v) is 14.2. The van der Waals surface area contributed by atoms with Gasteiger partial charge >= 0.3 is 0 Å². The van der Waals surface area contributed by atoms with Crippen LogP contribution >= 0.6 is 0 Å². The number of nitriles is 1. The molecule has 1 aromatic heterocycles. The first kappa shape index (κ1) is 15.7. The lowest BCUT2D eigenvalue weighted by atomic mass is 9.72. The van der Waals surface area contributed by atoms with Gasteiger partial charge in [-0.2, -0.15) is 5.26 Å². The molecule has 2 aromatic carbocycles. The third kappa shape index (κ3) is 2.75. The Morgan fingerprint density at radius 3 is 2.76 bits per heavy atom. The number of hydrogen-bond donors (Lipinski definition) is 2. The Hall–Kier alpha value is -2.83. The molecular formula is C22H21N3. The Balaban J connectivity index is 1.73. The van der Waals surface area contributed by atoms with Crippen molar-refractivity contribution in [3.63, 3.8) is 0 Å². The number of benzene rings is 2. The van der Waals surface area contributed by atoms with Crippen LogP contribution in [0.4, 0.5) is 0 Å². The van der Waals surface area contributed by atoms with Crippen molar-refractivity contribution >= 4 is 16.5 Å². The number of aromatic amines is 1. The van der Waals surface area contributed by atoms with Crippen LogP contribution in [0.3, 0.4) is 0 Å². The summed E-state index contributed by atoms with van der Waals surface area (Å²) in [5, 5.41) is 13.8. The van der Waals surface area contributed by atoms with Gasteiger partial charge in [0.1, 0.15) is 6.07 Å². The van der Waals surface area contributed by atoms with Crippen molar-refractivity contribution < 1.29 is 0 Å². The molecule has 0 spiro atoms.